The minimum Gasteiger partial charge on any atom is -0.396 e. The zero-order chi connectivity index (χ0) is 14.6. The van der Waals surface area contributed by atoms with Crippen LogP contribution in [-0.2, 0) is 4.79 Å². The van der Waals surface area contributed by atoms with Crippen molar-refractivity contribution in [3.8, 4) is 0 Å². The predicted octanol–water partition coefficient (Wildman–Crippen LogP) is 3.33. The molecule has 0 aliphatic rings. The van der Waals surface area contributed by atoms with Crippen molar-refractivity contribution in [3.05, 3.63) is 34.6 Å². The Morgan fingerprint density at radius 1 is 1.47 bits per heavy atom. The van der Waals surface area contributed by atoms with Crippen molar-refractivity contribution in [1.82, 2.24) is 4.90 Å². The average molecular weight is 285 g/mol. The molecule has 0 fully saturated rings. The number of hydrogen-bond donors (Lipinski definition) is 1. The van der Waals surface area contributed by atoms with Crippen LogP contribution in [0.1, 0.15) is 25.8 Å². The van der Waals surface area contributed by atoms with Crippen molar-refractivity contribution < 1.29 is 9.18 Å². The van der Waals surface area contributed by atoms with Crippen molar-refractivity contribution in [2.45, 2.75) is 20.3 Å². The van der Waals surface area contributed by atoms with Crippen LogP contribution >= 0.6 is 11.6 Å². The number of likely N-dealkylation sites (N-methyl/N-ethyl adjacent to an activating group) is 1. The van der Waals surface area contributed by atoms with Gasteiger partial charge in [-0.2, -0.15) is 0 Å². The number of halogens is 2. The normalized spacial score (nSPS) is 11.5. The lowest BCUT2D eigenvalue weighted by atomic mass is 10.0. The summed E-state index contributed by atoms with van der Waals surface area (Å²) in [6, 6.07) is 2.54. The van der Waals surface area contributed by atoms with Gasteiger partial charge in [0.25, 0.3) is 5.91 Å². The van der Waals surface area contributed by atoms with Gasteiger partial charge in [0, 0.05) is 24.7 Å². The van der Waals surface area contributed by atoms with Crippen LogP contribution in [0.2, 0.25) is 5.02 Å². The monoisotopic (exact) mass is 284 g/mol. The largest absolute Gasteiger partial charge is 0.396 e. The molecule has 104 valence electrons. The lowest BCUT2D eigenvalue weighted by Crippen LogP contribution is -2.27. The summed E-state index contributed by atoms with van der Waals surface area (Å²) >= 11 is 6.02. The van der Waals surface area contributed by atoms with E-state index in [-0.39, 0.29) is 16.6 Å². The van der Waals surface area contributed by atoms with Gasteiger partial charge in [-0.3, -0.25) is 4.79 Å². The van der Waals surface area contributed by atoms with E-state index in [1.807, 2.05) is 13.8 Å². The first-order valence-corrected chi connectivity index (χ1v) is 6.50. The quantitative estimate of drug-likeness (QED) is 0.681. The van der Waals surface area contributed by atoms with E-state index in [4.69, 9.17) is 17.3 Å². The highest BCUT2D eigenvalue weighted by Crippen LogP contribution is 2.29. The zero-order valence-corrected chi connectivity index (χ0v) is 12.1. The molecule has 0 saturated heterocycles. The first kappa shape index (κ1) is 15.5. The number of nitrogens with two attached hydrogens (primary N) is 1. The Balaban J connectivity index is 3.32. The number of anilines is 1. The molecule has 5 heteroatoms. The molecule has 1 aromatic rings. The summed E-state index contributed by atoms with van der Waals surface area (Å²) in [5.41, 5.74) is 6.44. The van der Waals surface area contributed by atoms with Crippen molar-refractivity contribution in [2.75, 3.05) is 19.3 Å². The third kappa shape index (κ3) is 3.47. The van der Waals surface area contributed by atoms with Crippen LogP contribution in [0.3, 0.4) is 0 Å². The number of carbonyl (C=O) groups is 1. The van der Waals surface area contributed by atoms with E-state index in [1.54, 1.807) is 18.0 Å². The summed E-state index contributed by atoms with van der Waals surface area (Å²) in [7, 11) is 1.70. The van der Waals surface area contributed by atoms with E-state index in [0.717, 1.165) is 6.07 Å². The van der Waals surface area contributed by atoms with E-state index in [2.05, 4.69) is 0 Å². The molecule has 1 rings (SSSR count). The first-order valence-electron chi connectivity index (χ1n) is 6.12. The molecule has 0 heterocycles. The van der Waals surface area contributed by atoms with Gasteiger partial charge in [-0.1, -0.05) is 24.6 Å². The second-order valence-electron chi connectivity index (χ2n) is 4.20. The maximum atomic E-state index is 13.3. The number of hydrogen-bond acceptors (Lipinski definition) is 2. The van der Waals surface area contributed by atoms with Gasteiger partial charge in [0.15, 0.2) is 0 Å². The molecule has 0 saturated carbocycles. The van der Waals surface area contributed by atoms with Gasteiger partial charge in [-0.15, -0.1) is 0 Å². The Hall–Kier alpha value is -1.55. The maximum absolute atomic E-state index is 13.3. The van der Waals surface area contributed by atoms with Gasteiger partial charge in [0.2, 0.25) is 0 Å². The Morgan fingerprint density at radius 2 is 2.11 bits per heavy atom. The second-order valence-corrected chi connectivity index (χ2v) is 4.61. The minimum absolute atomic E-state index is 0.0200. The van der Waals surface area contributed by atoms with Crippen molar-refractivity contribution in [2.24, 2.45) is 0 Å². The molecule has 1 amide bonds. The summed E-state index contributed by atoms with van der Waals surface area (Å²) < 4.78 is 13.3. The van der Waals surface area contributed by atoms with Gasteiger partial charge in [0.1, 0.15) is 5.82 Å². The average Bonchev–Trinajstić information content (AvgIpc) is 2.39. The molecular weight excluding hydrogens is 267 g/mol. The molecule has 19 heavy (non-hydrogen) atoms. The summed E-state index contributed by atoms with van der Waals surface area (Å²) in [4.78, 5) is 13.8. The highest BCUT2D eigenvalue weighted by Gasteiger charge is 2.19. The lowest BCUT2D eigenvalue weighted by molar-refractivity contribution is -0.123. The molecule has 0 aliphatic carbocycles. The van der Waals surface area contributed by atoms with Crippen LogP contribution in [0.4, 0.5) is 10.1 Å². The van der Waals surface area contributed by atoms with Gasteiger partial charge in [0.05, 0.1) is 10.7 Å². The molecular formula is C14H18ClFN2O. The SMILES string of the molecule is CC/C=C(\C(=O)N(C)CC)c1cc(N)c(F)cc1Cl. The number of carbonyl (C=O) groups excluding carboxylic acids is 1. The maximum Gasteiger partial charge on any atom is 0.253 e. The van der Waals surface area contributed by atoms with Crippen molar-refractivity contribution in [1.29, 1.82) is 0 Å². The third-order valence-corrected chi connectivity index (χ3v) is 3.15. The Labute approximate surface area is 117 Å². The second kappa shape index (κ2) is 6.57. The first-order chi connectivity index (χ1) is 8.92. The minimum atomic E-state index is -0.583. The van der Waals surface area contributed by atoms with Gasteiger partial charge in [-0.25, -0.2) is 4.39 Å². The van der Waals surface area contributed by atoms with Crippen LogP contribution in [0.15, 0.2) is 18.2 Å². The number of rotatable bonds is 4. The van der Waals surface area contributed by atoms with E-state index < -0.39 is 5.82 Å². The highest BCUT2D eigenvalue weighted by atomic mass is 35.5. The van der Waals surface area contributed by atoms with E-state index >= 15 is 0 Å². The molecule has 0 aromatic heterocycles. The molecule has 0 bridgehead atoms. The van der Waals surface area contributed by atoms with Crippen LogP contribution in [0, 0.1) is 5.82 Å². The summed E-state index contributed by atoms with van der Waals surface area (Å²) in [5, 5.41) is 0.184. The summed E-state index contributed by atoms with van der Waals surface area (Å²) in [6.07, 6.45) is 2.44. The number of nitrogens with zero attached hydrogens (tertiary/aromatic N) is 1. The molecule has 0 atom stereocenters. The Morgan fingerprint density at radius 3 is 2.63 bits per heavy atom. The van der Waals surface area contributed by atoms with E-state index in [1.165, 1.54) is 6.07 Å². The van der Waals surface area contributed by atoms with Gasteiger partial charge >= 0.3 is 0 Å². The summed E-state index contributed by atoms with van der Waals surface area (Å²) in [5.74, 6) is -0.738. The smallest absolute Gasteiger partial charge is 0.253 e. The molecule has 0 spiro atoms. The lowest BCUT2D eigenvalue weighted by Gasteiger charge is -2.18. The molecule has 0 aliphatic heterocycles. The van der Waals surface area contributed by atoms with Crippen LogP contribution in [0.25, 0.3) is 5.57 Å². The fraction of sp³-hybridized carbons (Fsp3) is 0.357. The number of benzene rings is 1. The zero-order valence-electron chi connectivity index (χ0n) is 11.3. The standard InChI is InChI=1S/C14H18ClFN2O/c1-4-6-9(14(19)18(3)5-2)10-7-13(17)12(16)8-11(10)15/h6-8H,4-5,17H2,1-3H3/b9-6-. The highest BCUT2D eigenvalue weighted by molar-refractivity contribution is 6.35. The topological polar surface area (TPSA) is 46.3 Å². The van der Waals surface area contributed by atoms with E-state index in [9.17, 15) is 9.18 Å². The van der Waals surface area contributed by atoms with E-state index in [0.29, 0.717) is 24.1 Å². The Kier molecular flexibility index (Phi) is 5.36. The van der Waals surface area contributed by atoms with Crippen molar-refractivity contribution in [3.63, 3.8) is 0 Å². The summed E-state index contributed by atoms with van der Waals surface area (Å²) in [6.45, 7) is 4.37. The number of allylic oxidation sites excluding steroid dienone is 1. The number of nitrogen functional groups attached to an aromatic ring is 1. The number of amides is 1. The van der Waals surface area contributed by atoms with Gasteiger partial charge in [-0.05, 0) is 25.5 Å². The van der Waals surface area contributed by atoms with Crippen LogP contribution in [0.5, 0.6) is 0 Å². The fourth-order valence-electron chi connectivity index (χ4n) is 1.64. The van der Waals surface area contributed by atoms with Crippen LogP contribution < -0.4 is 5.73 Å². The predicted molar refractivity (Wildman–Crippen MR) is 77.4 cm³/mol. The third-order valence-electron chi connectivity index (χ3n) is 2.84. The van der Waals surface area contributed by atoms with Gasteiger partial charge < -0.3 is 10.6 Å². The Bertz CT molecular complexity index is 514. The fourth-order valence-corrected chi connectivity index (χ4v) is 1.89. The molecule has 2 N–H and O–H groups in total. The van der Waals surface area contributed by atoms with Crippen LogP contribution in [-0.4, -0.2) is 24.4 Å². The molecule has 3 nitrogen and oxygen atoms in total. The molecule has 0 unspecified atom stereocenters. The molecule has 1 aromatic carbocycles. The molecule has 0 radical (unpaired) electrons. The van der Waals surface area contributed by atoms with Crippen molar-refractivity contribution >= 4 is 28.8 Å².